The van der Waals surface area contributed by atoms with Crippen LogP contribution in [0.1, 0.15) is 18.1 Å². The first-order valence-electron chi connectivity index (χ1n) is 7.82. The summed E-state index contributed by atoms with van der Waals surface area (Å²) in [5.74, 6) is 0. The Labute approximate surface area is 147 Å². The molecule has 9 heteroatoms. The Morgan fingerprint density at radius 2 is 2.00 bits per heavy atom. The maximum absolute atomic E-state index is 11.1. The molecule has 0 spiro atoms. The summed E-state index contributed by atoms with van der Waals surface area (Å²) in [7, 11) is 0. The van der Waals surface area contributed by atoms with Crippen molar-refractivity contribution >= 4 is 34.2 Å². The molecule has 1 heterocycles. The summed E-state index contributed by atoms with van der Waals surface area (Å²) in [6, 6.07) is 9.30. The molecule has 0 saturated carbocycles. The summed E-state index contributed by atoms with van der Waals surface area (Å²) in [5.41, 5.74) is 4.93. The summed E-state index contributed by atoms with van der Waals surface area (Å²) in [6.45, 7) is 2.07. The SMILES string of the molecule is CCc1cccc2c(C=NNc3ccc([N+](=O)[O-])cc3[N+](=O)[O-])c[nH]c12. The Morgan fingerprint density at radius 3 is 2.69 bits per heavy atom. The van der Waals surface area contributed by atoms with E-state index in [1.165, 1.54) is 17.7 Å². The van der Waals surface area contributed by atoms with Crippen molar-refractivity contribution in [2.24, 2.45) is 5.10 Å². The number of aromatic nitrogens is 1. The summed E-state index contributed by atoms with van der Waals surface area (Å²) in [6.07, 6.45) is 4.24. The highest BCUT2D eigenvalue weighted by atomic mass is 16.6. The van der Waals surface area contributed by atoms with Gasteiger partial charge in [-0.1, -0.05) is 25.1 Å². The molecule has 2 aromatic carbocycles. The van der Waals surface area contributed by atoms with Crippen LogP contribution in [0.3, 0.4) is 0 Å². The lowest BCUT2D eigenvalue weighted by Crippen LogP contribution is -1.98. The predicted octanol–water partition coefficient (Wildman–Crippen LogP) is 3.99. The number of nitro benzene ring substituents is 2. The van der Waals surface area contributed by atoms with E-state index in [0.717, 1.165) is 29.0 Å². The van der Waals surface area contributed by atoms with E-state index in [9.17, 15) is 20.2 Å². The Morgan fingerprint density at radius 1 is 1.19 bits per heavy atom. The standard InChI is InChI=1S/C17H15N5O4/c1-2-11-4-3-5-14-12(9-18-17(11)14)10-19-20-15-7-6-13(21(23)24)8-16(15)22(25)26/h3-10,18,20H,2H2,1H3. The first-order valence-corrected chi connectivity index (χ1v) is 7.82. The third kappa shape index (κ3) is 3.22. The molecular weight excluding hydrogens is 338 g/mol. The van der Waals surface area contributed by atoms with Crippen molar-refractivity contribution in [2.45, 2.75) is 13.3 Å². The molecule has 0 atom stereocenters. The molecule has 0 radical (unpaired) electrons. The number of hydrogen-bond acceptors (Lipinski definition) is 6. The first kappa shape index (κ1) is 17.1. The maximum Gasteiger partial charge on any atom is 0.301 e. The van der Waals surface area contributed by atoms with E-state index >= 15 is 0 Å². The van der Waals surface area contributed by atoms with Gasteiger partial charge in [0.1, 0.15) is 5.69 Å². The number of nitrogens with one attached hydrogen (secondary N) is 2. The van der Waals surface area contributed by atoms with Crippen LogP contribution in [0, 0.1) is 20.2 Å². The molecule has 0 amide bonds. The fourth-order valence-corrected chi connectivity index (χ4v) is 2.69. The third-order valence-electron chi connectivity index (χ3n) is 3.99. The predicted molar refractivity (Wildman–Crippen MR) is 98.6 cm³/mol. The number of fused-ring (bicyclic) bond motifs is 1. The third-order valence-corrected chi connectivity index (χ3v) is 3.99. The van der Waals surface area contributed by atoms with Crippen molar-refractivity contribution in [2.75, 3.05) is 5.43 Å². The van der Waals surface area contributed by atoms with Crippen molar-refractivity contribution in [3.05, 3.63) is 74.0 Å². The number of rotatable bonds is 6. The molecule has 0 aliphatic carbocycles. The number of hydrazone groups is 1. The zero-order chi connectivity index (χ0) is 18.7. The molecule has 132 valence electrons. The Bertz CT molecular complexity index is 1030. The van der Waals surface area contributed by atoms with E-state index in [4.69, 9.17) is 0 Å². The zero-order valence-corrected chi connectivity index (χ0v) is 13.8. The van der Waals surface area contributed by atoms with Crippen LogP contribution in [0.4, 0.5) is 17.1 Å². The number of benzene rings is 2. The van der Waals surface area contributed by atoms with Crippen LogP contribution in [-0.2, 0) is 6.42 Å². The van der Waals surface area contributed by atoms with Crippen molar-refractivity contribution < 1.29 is 9.85 Å². The monoisotopic (exact) mass is 353 g/mol. The molecule has 0 aliphatic heterocycles. The van der Waals surface area contributed by atoms with Gasteiger partial charge in [-0.25, -0.2) is 0 Å². The van der Waals surface area contributed by atoms with Crippen molar-refractivity contribution in [1.29, 1.82) is 0 Å². The Balaban J connectivity index is 1.87. The number of aryl methyl sites for hydroxylation is 1. The van der Waals surface area contributed by atoms with Crippen LogP contribution < -0.4 is 5.43 Å². The van der Waals surface area contributed by atoms with Crippen LogP contribution >= 0.6 is 0 Å². The van der Waals surface area contributed by atoms with Gasteiger partial charge in [-0.05, 0) is 18.1 Å². The van der Waals surface area contributed by atoms with Gasteiger partial charge < -0.3 is 4.98 Å². The molecule has 26 heavy (non-hydrogen) atoms. The van der Waals surface area contributed by atoms with Crippen LogP contribution in [0.15, 0.2) is 47.7 Å². The molecule has 0 fully saturated rings. The smallest absolute Gasteiger partial charge is 0.301 e. The largest absolute Gasteiger partial charge is 0.360 e. The van der Waals surface area contributed by atoms with E-state index in [2.05, 4.69) is 22.4 Å². The van der Waals surface area contributed by atoms with Gasteiger partial charge in [0.25, 0.3) is 5.69 Å². The van der Waals surface area contributed by atoms with Gasteiger partial charge in [0.15, 0.2) is 0 Å². The number of nitro groups is 2. The number of para-hydroxylation sites is 1. The molecule has 9 nitrogen and oxygen atoms in total. The highest BCUT2D eigenvalue weighted by Gasteiger charge is 2.19. The second-order valence-corrected chi connectivity index (χ2v) is 5.52. The summed E-state index contributed by atoms with van der Waals surface area (Å²) in [5, 5.41) is 26.9. The van der Waals surface area contributed by atoms with Crippen molar-refractivity contribution in [1.82, 2.24) is 4.98 Å². The number of anilines is 1. The molecule has 0 bridgehead atoms. The van der Waals surface area contributed by atoms with Crippen molar-refractivity contribution in [3.63, 3.8) is 0 Å². The normalized spacial score (nSPS) is 11.1. The second kappa shape index (κ2) is 7.01. The van der Waals surface area contributed by atoms with Crippen LogP contribution in [0.2, 0.25) is 0 Å². The highest BCUT2D eigenvalue weighted by molar-refractivity contribution is 6.00. The Kier molecular flexibility index (Phi) is 4.61. The maximum atomic E-state index is 11.1. The molecule has 0 aliphatic rings. The van der Waals surface area contributed by atoms with Gasteiger partial charge in [-0.15, -0.1) is 0 Å². The fraction of sp³-hybridized carbons (Fsp3) is 0.118. The first-order chi connectivity index (χ1) is 12.5. The second-order valence-electron chi connectivity index (χ2n) is 5.52. The number of aromatic amines is 1. The van der Waals surface area contributed by atoms with Crippen LogP contribution in [0.5, 0.6) is 0 Å². The van der Waals surface area contributed by atoms with E-state index in [1.54, 1.807) is 12.4 Å². The average molecular weight is 353 g/mol. The van der Waals surface area contributed by atoms with E-state index < -0.39 is 15.5 Å². The number of H-pyrrole nitrogens is 1. The molecule has 3 rings (SSSR count). The zero-order valence-electron chi connectivity index (χ0n) is 13.8. The molecule has 0 saturated heterocycles. The quantitative estimate of drug-likeness (QED) is 0.393. The van der Waals surface area contributed by atoms with Crippen molar-refractivity contribution in [3.8, 4) is 0 Å². The molecule has 0 unspecified atom stereocenters. The molecular formula is C17H15N5O4. The number of hydrogen-bond donors (Lipinski definition) is 2. The lowest BCUT2D eigenvalue weighted by atomic mass is 10.1. The topological polar surface area (TPSA) is 126 Å². The van der Waals surface area contributed by atoms with Gasteiger partial charge in [0.05, 0.1) is 22.1 Å². The molecule has 2 N–H and O–H groups in total. The van der Waals surface area contributed by atoms with Gasteiger partial charge in [-0.2, -0.15) is 5.10 Å². The molecule has 1 aromatic heterocycles. The minimum absolute atomic E-state index is 0.0749. The van der Waals surface area contributed by atoms with E-state index in [0.29, 0.717) is 0 Å². The van der Waals surface area contributed by atoms with Crippen LogP contribution in [0.25, 0.3) is 10.9 Å². The van der Waals surface area contributed by atoms with Gasteiger partial charge in [0, 0.05) is 28.7 Å². The fourth-order valence-electron chi connectivity index (χ4n) is 2.69. The number of non-ortho nitro benzene ring substituents is 1. The summed E-state index contributed by atoms with van der Waals surface area (Å²) in [4.78, 5) is 23.7. The minimum Gasteiger partial charge on any atom is -0.360 e. The minimum atomic E-state index is -0.690. The number of nitrogens with zero attached hydrogens (tertiary/aromatic N) is 3. The lowest BCUT2D eigenvalue weighted by Gasteiger charge is -2.02. The summed E-state index contributed by atoms with van der Waals surface area (Å²) >= 11 is 0. The average Bonchev–Trinajstić information content (AvgIpc) is 3.05. The van der Waals surface area contributed by atoms with Gasteiger partial charge >= 0.3 is 5.69 Å². The molecule has 3 aromatic rings. The van der Waals surface area contributed by atoms with Crippen LogP contribution in [-0.4, -0.2) is 21.0 Å². The lowest BCUT2D eigenvalue weighted by molar-refractivity contribution is -0.393. The van der Waals surface area contributed by atoms with Gasteiger partial charge in [-0.3, -0.25) is 25.7 Å². The summed E-state index contributed by atoms with van der Waals surface area (Å²) < 4.78 is 0. The van der Waals surface area contributed by atoms with Gasteiger partial charge in [0.2, 0.25) is 0 Å². The van der Waals surface area contributed by atoms with E-state index in [-0.39, 0.29) is 11.4 Å². The van der Waals surface area contributed by atoms with E-state index in [1.807, 2.05) is 18.2 Å². The Hall–Kier alpha value is -3.75. The highest BCUT2D eigenvalue weighted by Crippen LogP contribution is 2.29.